The second-order valence-electron chi connectivity index (χ2n) is 7.15. The lowest BCUT2D eigenvalue weighted by molar-refractivity contribution is -0.169. The number of carbonyl (C=O) groups excluding carboxylic acids is 1. The lowest BCUT2D eigenvalue weighted by Crippen LogP contribution is -2.47. The molecule has 0 aromatic carbocycles. The fraction of sp³-hybridized carbons (Fsp3) is 0.944. The summed E-state index contributed by atoms with van der Waals surface area (Å²) in [5, 5.41) is 8.95. The zero-order valence-corrected chi connectivity index (χ0v) is 15.2. The summed E-state index contributed by atoms with van der Waals surface area (Å²) in [4.78, 5) is 12.8. The predicted octanol–water partition coefficient (Wildman–Crippen LogP) is 4.57. The van der Waals surface area contributed by atoms with E-state index in [4.69, 9.17) is 9.84 Å². The highest BCUT2D eigenvalue weighted by molar-refractivity contribution is 5.77. The molecule has 0 fully saturated rings. The van der Waals surface area contributed by atoms with Crippen molar-refractivity contribution in [1.29, 1.82) is 0 Å². The zero-order valence-electron chi connectivity index (χ0n) is 15.2. The lowest BCUT2D eigenvalue weighted by atomic mass is 9.56. The Bertz CT molecular complexity index is 316. The summed E-state index contributed by atoms with van der Waals surface area (Å²) < 4.78 is 5.35. The van der Waals surface area contributed by atoms with Gasteiger partial charge >= 0.3 is 5.97 Å². The minimum absolute atomic E-state index is 0.0902. The molecule has 0 aliphatic carbocycles. The lowest BCUT2D eigenvalue weighted by Gasteiger charge is -2.48. The Morgan fingerprint density at radius 3 is 1.76 bits per heavy atom. The topological polar surface area (TPSA) is 46.5 Å². The van der Waals surface area contributed by atoms with E-state index in [0.29, 0.717) is 0 Å². The van der Waals surface area contributed by atoms with Crippen molar-refractivity contribution in [3.05, 3.63) is 0 Å². The van der Waals surface area contributed by atoms with Gasteiger partial charge in [0.05, 0.1) is 12.0 Å². The van der Waals surface area contributed by atoms with Gasteiger partial charge in [-0.15, -0.1) is 0 Å². The maximum absolute atomic E-state index is 12.8. The van der Waals surface area contributed by atoms with E-state index in [1.165, 1.54) is 0 Å². The van der Waals surface area contributed by atoms with Crippen LogP contribution in [0.25, 0.3) is 0 Å². The predicted molar refractivity (Wildman–Crippen MR) is 88.1 cm³/mol. The van der Waals surface area contributed by atoms with Crippen LogP contribution in [-0.2, 0) is 9.53 Å². The van der Waals surface area contributed by atoms with Crippen LogP contribution in [0.5, 0.6) is 0 Å². The minimum Gasteiger partial charge on any atom is -0.463 e. The molecule has 1 atom stereocenters. The van der Waals surface area contributed by atoms with Gasteiger partial charge in [-0.1, -0.05) is 54.4 Å². The molecule has 0 amide bonds. The van der Waals surface area contributed by atoms with E-state index in [1.54, 1.807) is 0 Å². The molecule has 0 aliphatic heterocycles. The fourth-order valence-electron chi connectivity index (χ4n) is 3.21. The Morgan fingerprint density at radius 1 is 0.952 bits per heavy atom. The molecule has 0 spiro atoms. The van der Waals surface area contributed by atoms with Crippen LogP contribution in [0.1, 0.15) is 80.6 Å². The van der Waals surface area contributed by atoms with Crippen molar-refractivity contribution in [1.82, 2.24) is 0 Å². The first-order valence-corrected chi connectivity index (χ1v) is 8.46. The van der Waals surface area contributed by atoms with Gasteiger partial charge in [0.15, 0.2) is 0 Å². The van der Waals surface area contributed by atoms with Gasteiger partial charge in [-0.2, -0.15) is 0 Å². The summed E-state index contributed by atoms with van der Waals surface area (Å²) >= 11 is 0. The number of carbonyl (C=O) groups is 1. The summed E-state index contributed by atoms with van der Waals surface area (Å²) in [6, 6.07) is 0. The highest BCUT2D eigenvalue weighted by Crippen LogP contribution is 2.53. The van der Waals surface area contributed by atoms with Gasteiger partial charge in [0.1, 0.15) is 6.61 Å². The molecule has 126 valence electrons. The number of hydrogen-bond donors (Lipinski definition) is 1. The SMILES string of the molecule is CCC(C)(CC)CC(C)(C(=O)OCCO)C(C)(CC)CC. The Morgan fingerprint density at radius 2 is 1.43 bits per heavy atom. The zero-order chi connectivity index (χ0) is 16.7. The highest BCUT2D eigenvalue weighted by atomic mass is 16.5. The van der Waals surface area contributed by atoms with E-state index >= 15 is 0 Å². The van der Waals surface area contributed by atoms with Crippen molar-refractivity contribution in [2.75, 3.05) is 13.2 Å². The van der Waals surface area contributed by atoms with E-state index in [2.05, 4.69) is 48.5 Å². The average Bonchev–Trinajstić information content (AvgIpc) is 2.50. The maximum atomic E-state index is 12.8. The molecule has 0 rings (SSSR count). The third kappa shape index (κ3) is 4.45. The molecule has 0 aliphatic rings. The first kappa shape index (κ1) is 20.4. The smallest absolute Gasteiger partial charge is 0.312 e. The molecule has 3 nitrogen and oxygen atoms in total. The van der Waals surface area contributed by atoms with Gasteiger partial charge in [0.25, 0.3) is 0 Å². The number of aliphatic hydroxyl groups excluding tert-OH is 1. The van der Waals surface area contributed by atoms with Crippen molar-refractivity contribution >= 4 is 5.97 Å². The molecular weight excluding hydrogens is 264 g/mol. The average molecular weight is 300 g/mol. The Labute approximate surface area is 131 Å². The van der Waals surface area contributed by atoms with Crippen LogP contribution in [0.4, 0.5) is 0 Å². The third-order valence-electron chi connectivity index (χ3n) is 6.16. The molecular formula is C18H36O3. The highest BCUT2D eigenvalue weighted by Gasteiger charge is 2.51. The molecule has 0 saturated carbocycles. The second kappa shape index (κ2) is 8.17. The van der Waals surface area contributed by atoms with Crippen LogP contribution < -0.4 is 0 Å². The van der Waals surface area contributed by atoms with Crippen molar-refractivity contribution in [3.8, 4) is 0 Å². The molecule has 0 heterocycles. The molecule has 0 bridgehead atoms. The molecule has 0 aromatic rings. The fourth-order valence-corrected chi connectivity index (χ4v) is 3.21. The van der Waals surface area contributed by atoms with Crippen LogP contribution in [0.2, 0.25) is 0 Å². The Kier molecular flexibility index (Phi) is 7.94. The molecule has 1 unspecified atom stereocenters. The van der Waals surface area contributed by atoms with E-state index in [-0.39, 0.29) is 30.0 Å². The standard InChI is InChI=1S/C18H36O3/c1-8-16(5,9-2)14-18(7,15(20)21-13-12-19)17(6,10-3)11-4/h19H,8-14H2,1-7H3. The van der Waals surface area contributed by atoms with Crippen LogP contribution in [0, 0.1) is 16.2 Å². The van der Waals surface area contributed by atoms with Crippen LogP contribution >= 0.6 is 0 Å². The third-order valence-corrected chi connectivity index (χ3v) is 6.16. The van der Waals surface area contributed by atoms with E-state index in [1.807, 2.05) is 0 Å². The molecule has 0 aromatic heterocycles. The summed E-state index contributed by atoms with van der Waals surface area (Å²) in [6.07, 6.45) is 4.82. The number of esters is 1. The van der Waals surface area contributed by atoms with Gasteiger partial charge in [-0.3, -0.25) is 4.79 Å². The first-order chi connectivity index (χ1) is 9.68. The van der Waals surface area contributed by atoms with Crippen molar-refractivity contribution in [2.45, 2.75) is 80.6 Å². The van der Waals surface area contributed by atoms with Gasteiger partial charge in [-0.05, 0) is 37.0 Å². The van der Waals surface area contributed by atoms with Crippen molar-refractivity contribution in [3.63, 3.8) is 0 Å². The summed E-state index contributed by atoms with van der Waals surface area (Å²) in [5.41, 5.74) is -0.476. The van der Waals surface area contributed by atoms with Gasteiger partial charge in [-0.25, -0.2) is 0 Å². The number of hydrogen-bond acceptors (Lipinski definition) is 3. The van der Waals surface area contributed by atoms with Gasteiger partial charge < -0.3 is 9.84 Å². The van der Waals surface area contributed by atoms with E-state index < -0.39 is 5.41 Å². The molecule has 21 heavy (non-hydrogen) atoms. The number of ether oxygens (including phenoxy) is 1. The summed E-state index contributed by atoms with van der Waals surface area (Å²) in [7, 11) is 0. The monoisotopic (exact) mass is 300 g/mol. The van der Waals surface area contributed by atoms with Gasteiger partial charge in [0, 0.05) is 0 Å². The largest absolute Gasteiger partial charge is 0.463 e. The minimum atomic E-state index is -0.521. The van der Waals surface area contributed by atoms with E-state index in [0.717, 1.165) is 32.1 Å². The van der Waals surface area contributed by atoms with E-state index in [9.17, 15) is 4.79 Å². The van der Waals surface area contributed by atoms with Crippen LogP contribution in [0.3, 0.4) is 0 Å². The van der Waals surface area contributed by atoms with Crippen LogP contribution in [0.15, 0.2) is 0 Å². The molecule has 0 saturated heterocycles. The van der Waals surface area contributed by atoms with Crippen molar-refractivity contribution in [2.24, 2.45) is 16.2 Å². The first-order valence-electron chi connectivity index (χ1n) is 8.46. The summed E-state index contributed by atoms with van der Waals surface area (Å²) in [5.74, 6) is -0.157. The maximum Gasteiger partial charge on any atom is 0.312 e. The van der Waals surface area contributed by atoms with Gasteiger partial charge in [0.2, 0.25) is 0 Å². The molecule has 1 N–H and O–H groups in total. The molecule has 3 heteroatoms. The second-order valence-corrected chi connectivity index (χ2v) is 7.15. The normalized spacial score (nSPS) is 15.6. The van der Waals surface area contributed by atoms with Crippen LogP contribution in [-0.4, -0.2) is 24.3 Å². The molecule has 0 radical (unpaired) electrons. The summed E-state index contributed by atoms with van der Waals surface area (Å²) in [6.45, 7) is 15.2. The van der Waals surface area contributed by atoms with Crippen molar-refractivity contribution < 1.29 is 14.6 Å². The quantitative estimate of drug-likeness (QED) is 0.601. The Balaban J connectivity index is 5.60. The number of aliphatic hydroxyl groups is 1. The number of rotatable bonds is 10. The Hall–Kier alpha value is -0.570.